The molecule has 2 N–H and O–H groups in total. The average molecular weight is 756 g/mol. The molecule has 1 saturated heterocycles. The lowest BCUT2D eigenvalue weighted by Crippen LogP contribution is -2.38. The van der Waals surface area contributed by atoms with Gasteiger partial charge in [0, 0.05) is 30.3 Å². The molecule has 4 nitrogen and oxygen atoms in total. The number of carbonyl (C=O) groups is 1. The topological polar surface area (TPSA) is 50.4 Å². The van der Waals surface area contributed by atoms with Crippen LogP contribution in [0.4, 0.5) is 0 Å². The summed E-state index contributed by atoms with van der Waals surface area (Å²) < 4.78 is 5.42. The third-order valence-electron chi connectivity index (χ3n) is 10.3. The summed E-state index contributed by atoms with van der Waals surface area (Å²) in [5, 5.41) is 7.94. The van der Waals surface area contributed by atoms with Crippen LogP contribution in [0.2, 0.25) is 0 Å². The fraction of sp³-hybridized carbons (Fsp3) is 0.646. The molecule has 5 heteroatoms. The smallest absolute Gasteiger partial charge is 0.136 e. The zero-order valence-corrected chi connectivity index (χ0v) is 37.4. The first-order valence-electron chi connectivity index (χ1n) is 21.1. The van der Waals surface area contributed by atoms with Crippen LogP contribution in [0.5, 0.6) is 0 Å². The highest BCUT2D eigenvalue weighted by Crippen LogP contribution is 2.34. The van der Waals surface area contributed by atoms with Gasteiger partial charge in [-0.05, 0) is 93.1 Å². The van der Waals surface area contributed by atoms with Gasteiger partial charge in [-0.15, -0.1) is 0 Å². The van der Waals surface area contributed by atoms with Crippen molar-refractivity contribution in [1.29, 1.82) is 0 Å². The lowest BCUT2D eigenvalue weighted by Gasteiger charge is -2.32. The number of allylic oxidation sites excluding steroid dienone is 4. The molecule has 1 aliphatic rings. The lowest BCUT2D eigenvalue weighted by atomic mass is 9.74. The van der Waals surface area contributed by atoms with Gasteiger partial charge in [0.25, 0.3) is 0 Å². The largest absolute Gasteiger partial charge is 0.496 e. The van der Waals surface area contributed by atoms with Crippen LogP contribution >= 0.6 is 11.6 Å². The van der Waals surface area contributed by atoms with Crippen molar-refractivity contribution in [2.24, 2.45) is 35.5 Å². The van der Waals surface area contributed by atoms with Gasteiger partial charge < -0.3 is 15.4 Å². The van der Waals surface area contributed by atoms with E-state index in [1.54, 1.807) is 7.11 Å². The van der Waals surface area contributed by atoms with Crippen LogP contribution in [0.1, 0.15) is 146 Å². The summed E-state index contributed by atoms with van der Waals surface area (Å²) in [6.07, 6.45) is 13.1. The minimum atomic E-state index is -0.0114. The molecule has 304 valence electrons. The van der Waals surface area contributed by atoms with Crippen molar-refractivity contribution >= 4 is 17.4 Å². The Kier molecular flexibility index (Phi) is 31.2. The van der Waals surface area contributed by atoms with Gasteiger partial charge in [0.15, 0.2) is 0 Å². The maximum absolute atomic E-state index is 14.1. The van der Waals surface area contributed by atoms with Gasteiger partial charge in [-0.2, -0.15) is 0 Å². The highest BCUT2D eigenvalue weighted by molar-refractivity contribution is 6.31. The number of nitrogens with one attached hydrogen (secondary N) is 2. The molecule has 4 unspecified atom stereocenters. The molecule has 1 aliphatic heterocycles. The second kappa shape index (κ2) is 31.6. The highest BCUT2D eigenvalue weighted by atomic mass is 35.5. The second-order valence-electron chi connectivity index (χ2n) is 14.2. The van der Waals surface area contributed by atoms with E-state index < -0.39 is 0 Å². The van der Waals surface area contributed by atoms with Gasteiger partial charge in [-0.3, -0.25) is 4.79 Å². The third-order valence-corrected chi connectivity index (χ3v) is 10.6. The van der Waals surface area contributed by atoms with Crippen LogP contribution in [0.15, 0.2) is 90.0 Å². The van der Waals surface area contributed by atoms with E-state index in [0.29, 0.717) is 40.7 Å². The molecule has 2 rings (SSSR count). The quantitative estimate of drug-likeness (QED) is 0.127. The van der Waals surface area contributed by atoms with Crippen LogP contribution in [0.25, 0.3) is 0 Å². The number of unbranched alkanes of at least 4 members (excludes halogenated alkanes) is 1. The van der Waals surface area contributed by atoms with E-state index in [0.717, 1.165) is 81.3 Å². The number of carbonyl (C=O) groups excluding carboxylic acids is 1. The van der Waals surface area contributed by atoms with E-state index in [9.17, 15) is 4.79 Å². The minimum absolute atomic E-state index is 0.0114. The van der Waals surface area contributed by atoms with Crippen LogP contribution in [0, 0.1) is 35.5 Å². The molecule has 53 heavy (non-hydrogen) atoms. The Morgan fingerprint density at radius 2 is 1.64 bits per heavy atom. The summed E-state index contributed by atoms with van der Waals surface area (Å²) in [5.41, 5.74) is 4.45. The van der Waals surface area contributed by atoms with Crippen molar-refractivity contribution in [3.8, 4) is 0 Å². The highest BCUT2D eigenvalue weighted by Gasteiger charge is 2.29. The van der Waals surface area contributed by atoms with Gasteiger partial charge in [0.2, 0.25) is 0 Å². The van der Waals surface area contributed by atoms with E-state index in [4.69, 9.17) is 16.3 Å². The maximum Gasteiger partial charge on any atom is 0.136 e. The van der Waals surface area contributed by atoms with Crippen LogP contribution in [-0.4, -0.2) is 25.5 Å². The van der Waals surface area contributed by atoms with Gasteiger partial charge in [-0.25, -0.2) is 0 Å². The monoisotopic (exact) mass is 755 g/mol. The van der Waals surface area contributed by atoms with E-state index in [1.165, 1.54) is 5.56 Å². The van der Waals surface area contributed by atoms with Crippen molar-refractivity contribution in [2.75, 3.05) is 13.7 Å². The predicted molar refractivity (Wildman–Crippen MR) is 237 cm³/mol. The van der Waals surface area contributed by atoms with Crippen molar-refractivity contribution in [1.82, 2.24) is 10.6 Å². The average Bonchev–Trinajstić information content (AvgIpc) is 3.17. The summed E-state index contributed by atoms with van der Waals surface area (Å²) in [4.78, 5) is 14.1. The Hall–Kier alpha value is -2.72. The van der Waals surface area contributed by atoms with E-state index >= 15 is 0 Å². The normalized spacial score (nSPS) is 22.5. The van der Waals surface area contributed by atoms with E-state index in [1.807, 2.05) is 54.5 Å². The minimum Gasteiger partial charge on any atom is -0.496 e. The Morgan fingerprint density at radius 1 is 1.02 bits per heavy atom. The molecule has 1 fully saturated rings. The molecule has 1 aromatic carbocycles. The summed E-state index contributed by atoms with van der Waals surface area (Å²) in [6.45, 7) is 39.4. The van der Waals surface area contributed by atoms with Crippen LogP contribution < -0.4 is 10.6 Å². The molecule has 0 bridgehead atoms. The van der Waals surface area contributed by atoms with Gasteiger partial charge in [0.1, 0.15) is 11.5 Å². The summed E-state index contributed by atoms with van der Waals surface area (Å²) in [6, 6.07) is 10.7. The lowest BCUT2D eigenvalue weighted by molar-refractivity contribution is -0.124. The van der Waals surface area contributed by atoms with Crippen molar-refractivity contribution < 1.29 is 9.53 Å². The SMILES string of the molecule is C=C1CCC[C@@H](C(C)C(C)Cc2ccccc2)CC(=O)C(CCCC)CC(=C)C(C)CNC(=C)[C@@H](C[C@@H](C)/C=C(Cl)\C(=C/C)OC)N1.CC.CC.CC. The number of ketones is 1. The Morgan fingerprint density at radius 3 is 2.21 bits per heavy atom. The zero-order chi connectivity index (χ0) is 40.9. The van der Waals surface area contributed by atoms with Gasteiger partial charge in [0.05, 0.1) is 18.2 Å². The third kappa shape index (κ3) is 21.1. The number of rotatable bonds is 12. The number of methoxy groups -OCH3 is 1. The summed E-state index contributed by atoms with van der Waals surface area (Å²) in [5.74, 6) is 2.77. The molecule has 0 radical (unpaired) electrons. The molecule has 0 saturated carbocycles. The molecule has 1 heterocycles. The second-order valence-corrected chi connectivity index (χ2v) is 14.6. The molecule has 0 aliphatic carbocycles. The van der Waals surface area contributed by atoms with Crippen LogP contribution in [-0.2, 0) is 16.0 Å². The zero-order valence-electron chi connectivity index (χ0n) is 36.7. The summed E-state index contributed by atoms with van der Waals surface area (Å²) in [7, 11) is 1.64. The number of hydrogen-bond donors (Lipinski definition) is 2. The Labute approximate surface area is 334 Å². The first-order chi connectivity index (χ1) is 25.4. The number of hydrogen-bond acceptors (Lipinski definition) is 4. The molecular formula is C48H83ClN2O2. The molecular weight excluding hydrogens is 672 g/mol. The Bertz CT molecular complexity index is 1200. The number of Topliss-reactive ketones (excluding diaryl/α,β-unsaturated/α-hetero) is 1. The van der Waals surface area contributed by atoms with Crippen molar-refractivity contribution in [2.45, 2.75) is 153 Å². The predicted octanol–water partition coefficient (Wildman–Crippen LogP) is 14.0. The summed E-state index contributed by atoms with van der Waals surface area (Å²) >= 11 is 6.59. The molecule has 0 spiro atoms. The Balaban J connectivity index is 0. The molecule has 1 aromatic rings. The standard InChI is InChI=1S/C42H65ClN2O2.3C2H6/c1-11-13-21-38-26-30(4)32(6)28-44-35(9)40(24-29(3)23-39(43)42(12-2)47-10)45-33(7)18-17-22-37(27-41(38)46)34(8)31(5)25-36-19-15-14-16-20-36;3*1-2/h12,14-16,19-20,23,29,31-32,34,37-38,40,44-45H,4,7,9,11,13,17-18,21-22,24-28H2,1-3,5-6,8,10H3;3*1-2H3/b39-23+,42-12+;;;/t29-,31?,32?,34?,37+,38?,40+;;;/m0.../s1. The maximum atomic E-state index is 14.1. The van der Waals surface area contributed by atoms with E-state index in [-0.39, 0.29) is 23.8 Å². The van der Waals surface area contributed by atoms with Crippen molar-refractivity contribution in [3.05, 3.63) is 95.5 Å². The molecule has 0 aromatic heterocycles. The number of benzene rings is 1. The van der Waals surface area contributed by atoms with Crippen molar-refractivity contribution in [3.63, 3.8) is 0 Å². The number of ether oxygens (including phenoxy) is 1. The molecule has 0 amide bonds. The number of halogens is 1. The first-order valence-corrected chi connectivity index (χ1v) is 21.5. The van der Waals surface area contributed by atoms with Gasteiger partial charge in [-0.1, -0.05) is 162 Å². The fourth-order valence-electron chi connectivity index (χ4n) is 6.82. The fourth-order valence-corrected chi connectivity index (χ4v) is 7.22. The molecule has 7 atom stereocenters. The first kappa shape index (κ1) is 52.4. The van der Waals surface area contributed by atoms with Crippen LogP contribution in [0.3, 0.4) is 0 Å². The van der Waals surface area contributed by atoms with Gasteiger partial charge >= 0.3 is 0 Å². The van der Waals surface area contributed by atoms with E-state index in [2.05, 4.69) is 101 Å².